The number of hydrogen-bond donors (Lipinski definition) is 0. The first kappa shape index (κ1) is 14.9. The van der Waals surface area contributed by atoms with Gasteiger partial charge in [0.05, 0.1) is 7.11 Å². The molecule has 0 atom stereocenters. The zero-order chi connectivity index (χ0) is 13.3. The zero-order valence-electron chi connectivity index (χ0n) is 9.13. The monoisotopic (exact) mass is 244 g/mol. The molecule has 92 valence electrons. The topological polar surface area (TPSA) is 105 Å². The number of methoxy groups -OCH3 is 1. The molecule has 17 heavy (non-hydrogen) atoms. The second-order valence-corrected chi connectivity index (χ2v) is 2.47. The fourth-order valence-electron chi connectivity index (χ4n) is 0.636. The highest BCUT2D eigenvalue weighted by molar-refractivity contribution is 6.42. The van der Waals surface area contributed by atoms with Crippen LogP contribution in [0.15, 0.2) is 6.08 Å². The van der Waals surface area contributed by atoms with Crippen molar-refractivity contribution in [3.8, 4) is 0 Å². The van der Waals surface area contributed by atoms with Crippen molar-refractivity contribution >= 4 is 31.2 Å². The summed E-state index contributed by atoms with van der Waals surface area (Å²) >= 11 is 0. The van der Waals surface area contributed by atoms with Crippen LogP contribution in [0.4, 0.5) is 0 Å². The quantitative estimate of drug-likeness (QED) is 0.186. The van der Waals surface area contributed by atoms with E-state index in [1.807, 2.05) is 0 Å². The lowest BCUT2D eigenvalue weighted by Crippen LogP contribution is -2.31. The maximum Gasteiger partial charge on any atom is 0.791 e. The second kappa shape index (κ2) is 8.09. The van der Waals surface area contributed by atoms with Gasteiger partial charge >= 0.3 is 25.2 Å². The molecule has 0 saturated carbocycles. The first-order chi connectivity index (χ1) is 8.03. The molecule has 0 aliphatic rings. The number of rotatable bonds is 6. The van der Waals surface area contributed by atoms with Gasteiger partial charge in [0.2, 0.25) is 0 Å². The molecule has 0 fully saturated rings. The van der Waals surface area contributed by atoms with Gasteiger partial charge in [-0.15, -0.1) is 0 Å². The predicted octanol–water partition coefficient (Wildman–Crippen LogP) is -1.34. The van der Waals surface area contributed by atoms with Gasteiger partial charge in [-0.05, 0) is 0 Å². The number of carbonyl (C=O) groups excluding carboxylic acids is 4. The van der Waals surface area contributed by atoms with Crippen LogP contribution in [-0.2, 0) is 37.9 Å². The summed E-state index contributed by atoms with van der Waals surface area (Å²) in [4.78, 5) is 42.3. The Hall–Kier alpha value is -2.12. The van der Waals surface area contributed by atoms with Crippen molar-refractivity contribution in [3.05, 3.63) is 6.08 Å². The van der Waals surface area contributed by atoms with Gasteiger partial charge in [-0.25, -0.2) is 9.59 Å². The van der Waals surface area contributed by atoms with Crippen LogP contribution in [-0.4, -0.2) is 45.4 Å². The normalized spacial score (nSPS) is 8.59. The number of esters is 1. The molecule has 0 saturated heterocycles. The Bertz CT molecular complexity index is 345. The second-order valence-electron chi connectivity index (χ2n) is 2.47. The van der Waals surface area contributed by atoms with Gasteiger partial charge in [-0.3, -0.25) is 9.59 Å². The minimum atomic E-state index is -1.65. The molecule has 0 N–H and O–H groups in total. The minimum Gasteiger partial charge on any atom is -0.473 e. The average molecular weight is 244 g/mol. The Morgan fingerprint density at radius 1 is 1.18 bits per heavy atom. The Labute approximate surface area is 96.6 Å². The lowest BCUT2D eigenvalue weighted by molar-refractivity contribution is -0.149. The molecule has 0 unspecified atom stereocenters. The molecule has 0 aromatic carbocycles. The van der Waals surface area contributed by atoms with Gasteiger partial charge in [0.1, 0.15) is 18.4 Å². The largest absolute Gasteiger partial charge is 0.791 e. The minimum absolute atomic E-state index is 0.445. The van der Waals surface area contributed by atoms with Gasteiger partial charge in [0, 0.05) is 7.11 Å². The van der Waals surface area contributed by atoms with Crippen LogP contribution in [0.25, 0.3) is 0 Å². The average Bonchev–Trinajstić information content (AvgIpc) is 2.28. The summed E-state index contributed by atoms with van der Waals surface area (Å²) < 4.78 is 17.5. The molecule has 0 aromatic heterocycles. The van der Waals surface area contributed by atoms with Crippen LogP contribution in [0.5, 0.6) is 0 Å². The summed E-state index contributed by atoms with van der Waals surface area (Å²) in [7, 11) is 0.538. The lowest BCUT2D eigenvalue weighted by atomic mass is 10.2. The van der Waals surface area contributed by atoms with Crippen molar-refractivity contribution in [2.45, 2.75) is 6.42 Å². The summed E-state index contributed by atoms with van der Waals surface area (Å²) in [5, 5.41) is 0. The maximum atomic E-state index is 11.0. The van der Waals surface area contributed by atoms with Crippen LogP contribution >= 0.6 is 0 Å². The van der Waals surface area contributed by atoms with Gasteiger partial charge in [0.15, 0.2) is 0 Å². The molecule has 0 spiro atoms. The molecule has 0 bridgehead atoms. The van der Waals surface area contributed by atoms with Gasteiger partial charge in [0.25, 0.3) is 0 Å². The van der Waals surface area contributed by atoms with Crippen molar-refractivity contribution in [1.29, 1.82) is 0 Å². The molecular weight excluding hydrogens is 235 g/mol. The summed E-state index contributed by atoms with van der Waals surface area (Å²) in [6, 6.07) is 0. The van der Waals surface area contributed by atoms with E-state index in [-0.39, 0.29) is 0 Å². The fourth-order valence-corrected chi connectivity index (χ4v) is 0.636. The molecule has 0 amide bonds. The summed E-state index contributed by atoms with van der Waals surface area (Å²) in [6.07, 6.45) is -0.211. The lowest BCUT2D eigenvalue weighted by Gasteiger charge is -2.09. The van der Waals surface area contributed by atoms with E-state index in [1.165, 1.54) is 5.94 Å². The number of ether oxygens (including phenoxy) is 1. The number of carbonyl (C=O) groups is 3. The Balaban J connectivity index is 4.21. The fraction of sp³-hybridized carbons (Fsp3) is 0.375. The van der Waals surface area contributed by atoms with Crippen LogP contribution < -0.4 is 0 Å². The number of hydrogen-bond acceptors (Lipinski definition) is 8. The van der Waals surface area contributed by atoms with Crippen molar-refractivity contribution in [2.75, 3.05) is 14.2 Å². The van der Waals surface area contributed by atoms with Crippen LogP contribution in [0.2, 0.25) is 0 Å². The summed E-state index contributed by atoms with van der Waals surface area (Å²) in [6.45, 7) is 0. The van der Waals surface area contributed by atoms with E-state index >= 15 is 0 Å². The van der Waals surface area contributed by atoms with E-state index in [9.17, 15) is 19.2 Å². The molecule has 0 heterocycles. The molecule has 0 radical (unpaired) electrons. The predicted molar refractivity (Wildman–Crippen MR) is 51.8 cm³/mol. The van der Waals surface area contributed by atoms with Crippen LogP contribution in [0, 0.1) is 0 Å². The maximum absolute atomic E-state index is 11.0. The molecule has 0 rings (SSSR count). The van der Waals surface area contributed by atoms with Crippen LogP contribution in [0.1, 0.15) is 6.42 Å². The Kier molecular flexibility index (Phi) is 7.08. The van der Waals surface area contributed by atoms with E-state index in [4.69, 9.17) is 0 Å². The van der Waals surface area contributed by atoms with Crippen molar-refractivity contribution in [3.63, 3.8) is 0 Å². The summed E-state index contributed by atoms with van der Waals surface area (Å²) in [5.41, 5.74) is 0. The van der Waals surface area contributed by atoms with E-state index in [0.717, 1.165) is 14.2 Å². The highest BCUT2D eigenvalue weighted by Gasteiger charge is 2.30. The smallest absolute Gasteiger partial charge is 0.473 e. The third-order valence-corrected chi connectivity index (χ3v) is 1.33. The first-order valence-corrected chi connectivity index (χ1v) is 4.24. The highest BCUT2D eigenvalue weighted by atomic mass is 16.8. The van der Waals surface area contributed by atoms with E-state index in [0.29, 0.717) is 6.08 Å². The van der Waals surface area contributed by atoms with E-state index < -0.39 is 31.6 Å². The summed E-state index contributed by atoms with van der Waals surface area (Å²) in [5.74, 6) is -1.75. The SMILES string of the molecule is COB(OC(=O)C=C=O)OC(=O)CC(=O)OC. The van der Waals surface area contributed by atoms with Gasteiger partial charge in [-0.1, -0.05) is 0 Å². The zero-order valence-corrected chi connectivity index (χ0v) is 9.13. The molecule has 0 aliphatic carbocycles. The van der Waals surface area contributed by atoms with Gasteiger partial charge < -0.3 is 18.7 Å². The van der Waals surface area contributed by atoms with Gasteiger partial charge in [-0.2, -0.15) is 0 Å². The molecular formula is C8H9BO8. The third-order valence-electron chi connectivity index (χ3n) is 1.33. The molecule has 0 aliphatic heterocycles. The Morgan fingerprint density at radius 3 is 2.29 bits per heavy atom. The highest BCUT2D eigenvalue weighted by Crippen LogP contribution is 1.97. The van der Waals surface area contributed by atoms with Crippen molar-refractivity contribution in [2.24, 2.45) is 0 Å². The Morgan fingerprint density at radius 2 is 1.82 bits per heavy atom. The molecule has 9 heteroatoms. The first-order valence-electron chi connectivity index (χ1n) is 4.24. The van der Waals surface area contributed by atoms with E-state index in [2.05, 4.69) is 18.7 Å². The standard InChI is InChI=1S/C8H9BO8/c1-14-7(12)5-8(13)17-9(15-2)16-6(11)3-4-10/h3H,5H2,1-2H3. The van der Waals surface area contributed by atoms with Crippen molar-refractivity contribution in [1.82, 2.24) is 0 Å². The molecule has 8 nitrogen and oxygen atoms in total. The van der Waals surface area contributed by atoms with Crippen LogP contribution in [0.3, 0.4) is 0 Å². The van der Waals surface area contributed by atoms with E-state index in [1.54, 1.807) is 0 Å². The third kappa shape index (κ3) is 6.88. The van der Waals surface area contributed by atoms with Crippen molar-refractivity contribution < 1.29 is 37.9 Å². The molecule has 0 aromatic rings.